The minimum absolute atomic E-state index is 0.220. The van der Waals surface area contributed by atoms with Gasteiger partial charge in [0.25, 0.3) is 5.91 Å². The second-order valence-corrected chi connectivity index (χ2v) is 7.03. The Balaban J connectivity index is 1.89. The second-order valence-electron chi connectivity index (χ2n) is 6.59. The number of benzene rings is 3. The van der Waals surface area contributed by atoms with Crippen LogP contribution in [0.4, 0.5) is 5.69 Å². The van der Waals surface area contributed by atoms with Gasteiger partial charge in [-0.25, -0.2) is 0 Å². The molecule has 1 heterocycles. The predicted molar refractivity (Wildman–Crippen MR) is 109 cm³/mol. The fourth-order valence-corrected chi connectivity index (χ4v) is 3.58. The van der Waals surface area contributed by atoms with Crippen LogP contribution in [0.2, 0.25) is 5.02 Å². The fourth-order valence-electron chi connectivity index (χ4n) is 3.45. The number of carbonyl (C=O) groups is 1. The highest BCUT2D eigenvalue weighted by atomic mass is 35.5. The van der Waals surface area contributed by atoms with Gasteiger partial charge in [0, 0.05) is 16.3 Å². The summed E-state index contributed by atoms with van der Waals surface area (Å²) in [5, 5.41) is 11.4. The Morgan fingerprint density at radius 1 is 0.889 bits per heavy atom. The van der Waals surface area contributed by atoms with Gasteiger partial charge < -0.3 is 5.11 Å². The minimum Gasteiger partial charge on any atom is -0.503 e. The van der Waals surface area contributed by atoms with Gasteiger partial charge in [0.15, 0.2) is 5.76 Å². The number of aliphatic hydroxyl groups excluding tert-OH is 1. The van der Waals surface area contributed by atoms with Crippen LogP contribution >= 0.6 is 11.6 Å². The first kappa shape index (κ1) is 17.4. The molecule has 1 aliphatic rings. The van der Waals surface area contributed by atoms with E-state index in [0.29, 0.717) is 16.3 Å². The molecule has 1 amide bonds. The smallest absolute Gasteiger partial charge is 0.294 e. The number of halogens is 1. The van der Waals surface area contributed by atoms with Gasteiger partial charge in [0.1, 0.15) is 0 Å². The van der Waals surface area contributed by atoms with Crippen LogP contribution < -0.4 is 4.90 Å². The van der Waals surface area contributed by atoms with Crippen molar-refractivity contribution in [3.8, 4) is 0 Å². The fraction of sp³-hybridized carbons (Fsp3) is 0.0870. The largest absolute Gasteiger partial charge is 0.503 e. The van der Waals surface area contributed by atoms with Crippen LogP contribution in [0.1, 0.15) is 22.7 Å². The molecule has 134 valence electrons. The number of hydrogen-bond acceptors (Lipinski definition) is 2. The third-order valence-electron chi connectivity index (χ3n) is 4.79. The van der Waals surface area contributed by atoms with Crippen molar-refractivity contribution in [1.82, 2.24) is 0 Å². The molecule has 0 radical (unpaired) electrons. The van der Waals surface area contributed by atoms with E-state index in [1.165, 1.54) is 0 Å². The standard InChI is InChI=1S/C23H18ClNO2/c1-15-7-9-16(10-8-15)20-21(17-5-3-2-4-6-17)25(23(27)22(20)26)19-13-11-18(24)12-14-19/h2-14,21,26H,1H3. The van der Waals surface area contributed by atoms with Crippen LogP contribution in [-0.2, 0) is 4.79 Å². The Morgan fingerprint density at radius 3 is 2.15 bits per heavy atom. The summed E-state index contributed by atoms with van der Waals surface area (Å²) in [6, 6.07) is 24.2. The first-order valence-electron chi connectivity index (χ1n) is 8.70. The summed E-state index contributed by atoms with van der Waals surface area (Å²) in [6.45, 7) is 2.01. The van der Waals surface area contributed by atoms with Crippen LogP contribution in [0.5, 0.6) is 0 Å². The van der Waals surface area contributed by atoms with Crippen molar-refractivity contribution < 1.29 is 9.90 Å². The Hall–Kier alpha value is -3.04. The molecule has 1 aliphatic heterocycles. The van der Waals surface area contributed by atoms with E-state index in [0.717, 1.165) is 16.7 Å². The maximum atomic E-state index is 13.0. The summed E-state index contributed by atoms with van der Waals surface area (Å²) in [5.41, 5.74) is 4.18. The summed E-state index contributed by atoms with van der Waals surface area (Å²) < 4.78 is 0. The lowest BCUT2D eigenvalue weighted by atomic mass is 9.93. The maximum Gasteiger partial charge on any atom is 0.294 e. The van der Waals surface area contributed by atoms with E-state index in [-0.39, 0.29) is 5.76 Å². The highest BCUT2D eigenvalue weighted by molar-refractivity contribution is 6.30. The molecule has 3 aromatic rings. The van der Waals surface area contributed by atoms with Crippen LogP contribution in [-0.4, -0.2) is 11.0 Å². The predicted octanol–water partition coefficient (Wildman–Crippen LogP) is 5.71. The number of anilines is 1. The van der Waals surface area contributed by atoms with Crippen LogP contribution in [0.25, 0.3) is 5.57 Å². The highest BCUT2D eigenvalue weighted by Crippen LogP contribution is 2.45. The summed E-state index contributed by atoms with van der Waals surface area (Å²) in [4.78, 5) is 14.6. The van der Waals surface area contributed by atoms with Gasteiger partial charge in [-0.15, -0.1) is 0 Å². The molecule has 4 rings (SSSR count). The molecule has 1 atom stereocenters. The van der Waals surface area contributed by atoms with E-state index >= 15 is 0 Å². The summed E-state index contributed by atoms with van der Waals surface area (Å²) in [7, 11) is 0. The van der Waals surface area contributed by atoms with Crippen molar-refractivity contribution in [2.45, 2.75) is 13.0 Å². The van der Waals surface area contributed by atoms with Gasteiger partial charge in [-0.05, 0) is 42.3 Å². The summed E-state index contributed by atoms with van der Waals surface area (Å²) >= 11 is 6.01. The molecule has 4 heteroatoms. The molecule has 0 saturated carbocycles. The Kier molecular flexibility index (Phi) is 4.46. The zero-order valence-electron chi connectivity index (χ0n) is 14.8. The zero-order valence-corrected chi connectivity index (χ0v) is 15.5. The van der Waals surface area contributed by atoms with Crippen molar-refractivity contribution >= 4 is 28.8 Å². The molecule has 0 aromatic heterocycles. The number of carbonyl (C=O) groups excluding carboxylic acids is 1. The number of amides is 1. The van der Waals surface area contributed by atoms with Crippen molar-refractivity contribution in [2.75, 3.05) is 4.90 Å². The van der Waals surface area contributed by atoms with Crippen molar-refractivity contribution in [2.24, 2.45) is 0 Å². The monoisotopic (exact) mass is 375 g/mol. The molecule has 0 bridgehead atoms. The Labute approximate surface area is 163 Å². The van der Waals surface area contributed by atoms with Gasteiger partial charge in [-0.3, -0.25) is 9.69 Å². The van der Waals surface area contributed by atoms with E-state index in [1.54, 1.807) is 29.2 Å². The molecule has 3 nitrogen and oxygen atoms in total. The van der Waals surface area contributed by atoms with Crippen LogP contribution in [0.3, 0.4) is 0 Å². The molecule has 0 fully saturated rings. The van der Waals surface area contributed by atoms with E-state index in [1.807, 2.05) is 61.5 Å². The van der Waals surface area contributed by atoms with Gasteiger partial charge in [0.2, 0.25) is 0 Å². The van der Waals surface area contributed by atoms with Crippen LogP contribution in [0, 0.1) is 6.92 Å². The average Bonchev–Trinajstić information content (AvgIpc) is 2.95. The molecule has 1 unspecified atom stereocenters. The van der Waals surface area contributed by atoms with Crippen molar-refractivity contribution in [3.63, 3.8) is 0 Å². The first-order chi connectivity index (χ1) is 13.1. The van der Waals surface area contributed by atoms with E-state index < -0.39 is 11.9 Å². The average molecular weight is 376 g/mol. The SMILES string of the molecule is Cc1ccc(C2=C(O)C(=O)N(c3ccc(Cl)cc3)C2c2ccccc2)cc1. The van der Waals surface area contributed by atoms with Crippen molar-refractivity contribution in [1.29, 1.82) is 0 Å². The Bertz CT molecular complexity index is 1010. The first-order valence-corrected chi connectivity index (χ1v) is 9.08. The lowest BCUT2D eigenvalue weighted by Crippen LogP contribution is -2.30. The maximum absolute atomic E-state index is 13.0. The van der Waals surface area contributed by atoms with Gasteiger partial charge in [0.05, 0.1) is 6.04 Å². The number of rotatable bonds is 3. The van der Waals surface area contributed by atoms with Crippen LogP contribution in [0.15, 0.2) is 84.6 Å². The number of aliphatic hydroxyl groups is 1. The molecule has 0 aliphatic carbocycles. The van der Waals surface area contributed by atoms with E-state index in [2.05, 4.69) is 0 Å². The molecule has 1 N–H and O–H groups in total. The van der Waals surface area contributed by atoms with Gasteiger partial charge in [-0.2, -0.15) is 0 Å². The van der Waals surface area contributed by atoms with Crippen molar-refractivity contribution in [3.05, 3.63) is 106 Å². The van der Waals surface area contributed by atoms with E-state index in [4.69, 9.17) is 11.6 Å². The number of nitrogens with zero attached hydrogens (tertiary/aromatic N) is 1. The number of aryl methyl sites for hydroxylation is 1. The highest BCUT2D eigenvalue weighted by Gasteiger charge is 2.41. The molecular weight excluding hydrogens is 358 g/mol. The quantitative estimate of drug-likeness (QED) is 0.637. The topological polar surface area (TPSA) is 40.5 Å². The molecule has 27 heavy (non-hydrogen) atoms. The third-order valence-corrected chi connectivity index (χ3v) is 5.04. The van der Waals surface area contributed by atoms with Gasteiger partial charge in [-0.1, -0.05) is 71.8 Å². The molecule has 3 aromatic carbocycles. The lowest BCUT2D eigenvalue weighted by Gasteiger charge is -2.27. The summed E-state index contributed by atoms with van der Waals surface area (Å²) in [6.07, 6.45) is 0. The molecular formula is C23H18ClNO2. The van der Waals surface area contributed by atoms with Gasteiger partial charge >= 0.3 is 0 Å². The zero-order chi connectivity index (χ0) is 19.0. The number of hydrogen-bond donors (Lipinski definition) is 1. The molecule has 0 spiro atoms. The second kappa shape index (κ2) is 6.93. The lowest BCUT2D eigenvalue weighted by molar-refractivity contribution is -0.117. The van der Waals surface area contributed by atoms with E-state index in [9.17, 15) is 9.90 Å². The minimum atomic E-state index is -0.415. The third kappa shape index (κ3) is 3.11. The Morgan fingerprint density at radius 2 is 1.52 bits per heavy atom. The summed E-state index contributed by atoms with van der Waals surface area (Å²) in [5.74, 6) is -0.635. The molecule has 0 saturated heterocycles. The normalized spacial score (nSPS) is 16.9.